The number of hydrogen-bond donors (Lipinski definition) is 2. The van der Waals surface area contributed by atoms with Gasteiger partial charge in [-0.2, -0.15) is 5.21 Å². The van der Waals surface area contributed by atoms with E-state index in [0.29, 0.717) is 0 Å². The van der Waals surface area contributed by atoms with Crippen molar-refractivity contribution in [3.8, 4) is 0 Å². The minimum Gasteiger partial charge on any atom is -0.463 e. The third-order valence-corrected chi connectivity index (χ3v) is 4.63. The summed E-state index contributed by atoms with van der Waals surface area (Å²) in [5.74, 6) is -3.21. The van der Waals surface area contributed by atoms with Gasteiger partial charge in [0.15, 0.2) is 35.7 Å². The Morgan fingerprint density at radius 2 is 1.47 bits per heavy atom. The van der Waals surface area contributed by atoms with E-state index in [0.717, 1.165) is 32.3 Å². The molecule has 5 atom stereocenters. The summed E-state index contributed by atoms with van der Waals surface area (Å²) in [6.07, 6.45) is -7.37. The number of aromatic amines is 2. The SMILES string of the molecule is CC(=O)OC[C@H]1O[C@@H](n2c(=O)[nH]c(=O)c3n[nH]nc32)[C@@H](OC(C)=O)[C@@H](OC(C)=O)[C@H]1OC(C)=O. The molecule has 0 aromatic carbocycles. The van der Waals surface area contributed by atoms with Gasteiger partial charge in [0.1, 0.15) is 12.7 Å². The average Bonchev–Trinajstić information content (AvgIpc) is 3.19. The molecule has 0 aliphatic carbocycles. The van der Waals surface area contributed by atoms with E-state index < -0.39 is 72.4 Å². The van der Waals surface area contributed by atoms with Crippen LogP contribution in [0, 0.1) is 0 Å². The van der Waals surface area contributed by atoms with Crippen LogP contribution >= 0.6 is 0 Å². The second-order valence-corrected chi connectivity index (χ2v) is 7.21. The number of aromatic nitrogens is 5. The number of H-pyrrole nitrogens is 2. The summed E-state index contributed by atoms with van der Waals surface area (Å²) in [5, 5.41) is 9.67. The molecule has 2 N–H and O–H groups in total. The number of esters is 4. The van der Waals surface area contributed by atoms with Crippen LogP contribution in [0.1, 0.15) is 33.9 Å². The molecule has 16 nitrogen and oxygen atoms in total. The molecule has 16 heteroatoms. The van der Waals surface area contributed by atoms with Crippen molar-refractivity contribution in [1.82, 2.24) is 25.0 Å². The number of fused-ring (bicyclic) bond motifs is 1. The zero-order valence-corrected chi connectivity index (χ0v) is 18.4. The lowest BCUT2D eigenvalue weighted by Crippen LogP contribution is -2.61. The van der Waals surface area contributed by atoms with Gasteiger partial charge in [0, 0.05) is 27.7 Å². The quantitative estimate of drug-likeness (QED) is 0.339. The summed E-state index contributed by atoms with van der Waals surface area (Å²) < 4.78 is 27.6. The number of carbonyl (C=O) groups excluding carboxylic acids is 4. The summed E-state index contributed by atoms with van der Waals surface area (Å²) in [6, 6.07) is 0. The molecule has 0 amide bonds. The lowest BCUT2D eigenvalue weighted by Gasteiger charge is -2.44. The second kappa shape index (κ2) is 9.82. The normalized spacial score (nSPS) is 24.3. The van der Waals surface area contributed by atoms with E-state index in [1.54, 1.807) is 0 Å². The summed E-state index contributed by atoms with van der Waals surface area (Å²) in [6.45, 7) is 3.82. The van der Waals surface area contributed by atoms with Crippen LogP contribution in [-0.2, 0) is 42.9 Å². The number of carbonyl (C=O) groups is 4. The third kappa shape index (κ3) is 5.11. The van der Waals surface area contributed by atoms with Gasteiger partial charge in [-0.3, -0.25) is 29.0 Å². The minimum absolute atomic E-state index is 0.269. The fraction of sp³-hybridized carbons (Fsp3) is 0.556. The van der Waals surface area contributed by atoms with Crippen LogP contribution in [0.5, 0.6) is 0 Å². The van der Waals surface area contributed by atoms with E-state index in [2.05, 4.69) is 15.4 Å². The molecule has 184 valence electrons. The Morgan fingerprint density at radius 3 is 2.06 bits per heavy atom. The number of nitrogens with one attached hydrogen (secondary N) is 2. The molecule has 34 heavy (non-hydrogen) atoms. The van der Waals surface area contributed by atoms with Crippen LogP contribution in [0.25, 0.3) is 11.2 Å². The molecule has 0 spiro atoms. The Bertz CT molecular complexity index is 1230. The fourth-order valence-electron chi connectivity index (χ4n) is 3.51. The molecule has 1 saturated heterocycles. The second-order valence-electron chi connectivity index (χ2n) is 7.21. The van der Waals surface area contributed by atoms with E-state index in [-0.39, 0.29) is 11.2 Å². The van der Waals surface area contributed by atoms with E-state index in [4.69, 9.17) is 23.7 Å². The average molecular weight is 483 g/mol. The van der Waals surface area contributed by atoms with Crippen molar-refractivity contribution < 1.29 is 42.9 Å². The first-order valence-corrected chi connectivity index (χ1v) is 9.85. The molecule has 0 unspecified atom stereocenters. The van der Waals surface area contributed by atoms with Crippen molar-refractivity contribution in [3.63, 3.8) is 0 Å². The Morgan fingerprint density at radius 1 is 0.882 bits per heavy atom. The highest BCUT2D eigenvalue weighted by Gasteiger charge is 2.53. The largest absolute Gasteiger partial charge is 0.463 e. The molecule has 2 aromatic rings. The van der Waals surface area contributed by atoms with Gasteiger partial charge >= 0.3 is 29.6 Å². The van der Waals surface area contributed by atoms with Crippen molar-refractivity contribution in [2.75, 3.05) is 6.61 Å². The number of hydrogen-bond acceptors (Lipinski definition) is 13. The summed E-state index contributed by atoms with van der Waals surface area (Å²) in [7, 11) is 0. The monoisotopic (exact) mass is 483 g/mol. The van der Waals surface area contributed by atoms with E-state index in [9.17, 15) is 28.8 Å². The Labute approximate surface area is 189 Å². The minimum atomic E-state index is -1.59. The van der Waals surface area contributed by atoms with Crippen molar-refractivity contribution in [3.05, 3.63) is 20.8 Å². The van der Waals surface area contributed by atoms with Gasteiger partial charge in [0.2, 0.25) is 0 Å². The highest BCUT2D eigenvalue weighted by Crippen LogP contribution is 2.34. The maximum atomic E-state index is 12.8. The molecule has 0 radical (unpaired) electrons. The van der Waals surface area contributed by atoms with Gasteiger partial charge in [0.25, 0.3) is 5.56 Å². The number of nitrogens with zero attached hydrogens (tertiary/aromatic N) is 3. The van der Waals surface area contributed by atoms with Crippen LogP contribution in [0.4, 0.5) is 0 Å². The zero-order chi connectivity index (χ0) is 25.2. The molecule has 0 bridgehead atoms. The summed E-state index contributed by atoms with van der Waals surface area (Å²) in [4.78, 5) is 73.9. The molecule has 1 aliphatic rings. The van der Waals surface area contributed by atoms with Crippen molar-refractivity contribution in [1.29, 1.82) is 0 Å². The lowest BCUT2D eigenvalue weighted by atomic mass is 9.97. The number of rotatable bonds is 6. The highest BCUT2D eigenvalue weighted by molar-refractivity contribution is 5.69. The van der Waals surface area contributed by atoms with Gasteiger partial charge in [-0.05, 0) is 0 Å². The Kier molecular flexibility index (Phi) is 7.09. The molecule has 0 saturated carbocycles. The molecular formula is C18H21N5O11. The first-order valence-electron chi connectivity index (χ1n) is 9.85. The van der Waals surface area contributed by atoms with Gasteiger partial charge in [0.05, 0.1) is 0 Å². The molecular weight excluding hydrogens is 462 g/mol. The van der Waals surface area contributed by atoms with Crippen molar-refractivity contribution >= 4 is 35.0 Å². The van der Waals surface area contributed by atoms with Crippen LogP contribution in [-0.4, -0.2) is 79.9 Å². The highest BCUT2D eigenvalue weighted by atomic mass is 16.7. The number of ether oxygens (including phenoxy) is 5. The Balaban J connectivity index is 2.21. The zero-order valence-electron chi connectivity index (χ0n) is 18.4. The lowest BCUT2D eigenvalue weighted by molar-refractivity contribution is -0.268. The van der Waals surface area contributed by atoms with Gasteiger partial charge in [-0.1, -0.05) is 0 Å². The smallest absolute Gasteiger partial charge is 0.332 e. The van der Waals surface area contributed by atoms with E-state index >= 15 is 0 Å². The van der Waals surface area contributed by atoms with Gasteiger partial charge in [-0.25, -0.2) is 9.36 Å². The van der Waals surface area contributed by atoms with Crippen molar-refractivity contribution in [2.24, 2.45) is 0 Å². The van der Waals surface area contributed by atoms with Crippen LogP contribution in [0.2, 0.25) is 0 Å². The third-order valence-electron chi connectivity index (χ3n) is 4.63. The predicted octanol–water partition coefficient (Wildman–Crippen LogP) is -1.94. The molecule has 2 aromatic heterocycles. The molecule has 3 heterocycles. The summed E-state index contributed by atoms with van der Waals surface area (Å²) >= 11 is 0. The van der Waals surface area contributed by atoms with Crippen molar-refractivity contribution in [2.45, 2.75) is 58.3 Å². The molecule has 1 aliphatic heterocycles. The maximum Gasteiger partial charge on any atom is 0.332 e. The van der Waals surface area contributed by atoms with Gasteiger partial charge < -0.3 is 23.7 Å². The van der Waals surface area contributed by atoms with E-state index in [1.807, 2.05) is 4.98 Å². The topological polar surface area (TPSA) is 211 Å². The first-order chi connectivity index (χ1) is 16.0. The summed E-state index contributed by atoms with van der Waals surface area (Å²) in [5.41, 5.74) is -2.41. The first kappa shape index (κ1) is 24.6. The van der Waals surface area contributed by atoms with Crippen LogP contribution < -0.4 is 11.2 Å². The van der Waals surface area contributed by atoms with Gasteiger partial charge in [-0.15, -0.1) is 10.2 Å². The molecule has 3 rings (SSSR count). The van der Waals surface area contributed by atoms with Crippen LogP contribution in [0.3, 0.4) is 0 Å². The standard InChI is InChI=1S/C18H21N5O11/c1-6(24)30-5-10-12(31-7(2)25)13(32-8(3)26)14(33-9(4)27)17(34-10)23-15-11(20-22-21-15)16(28)19-18(23)29/h10,12-14,17H,5H2,1-4H3,(H,19,28,29)(H,20,21,22)/t10-,12+,13+,14+,17-/m1/s1. The van der Waals surface area contributed by atoms with E-state index in [1.165, 1.54) is 0 Å². The fourth-order valence-corrected chi connectivity index (χ4v) is 3.51. The van der Waals surface area contributed by atoms with Crippen LogP contribution in [0.15, 0.2) is 9.59 Å². The molecule has 1 fully saturated rings. The maximum absolute atomic E-state index is 12.8. The predicted molar refractivity (Wildman–Crippen MR) is 106 cm³/mol. The Hall–Kier alpha value is -4.08.